The molecule has 3 rings (SSSR count). The van der Waals surface area contributed by atoms with Crippen LogP contribution in [0.25, 0.3) is 0 Å². The van der Waals surface area contributed by atoms with Gasteiger partial charge in [-0.05, 0) is 30.5 Å². The second-order valence-corrected chi connectivity index (χ2v) is 7.77. The summed E-state index contributed by atoms with van der Waals surface area (Å²) in [6, 6.07) is 5.58. The van der Waals surface area contributed by atoms with Crippen LogP contribution in [-0.4, -0.2) is 45.1 Å². The molecule has 0 atom stereocenters. The van der Waals surface area contributed by atoms with Crippen LogP contribution in [0.3, 0.4) is 0 Å². The number of nitrogens with zero attached hydrogens (tertiary/aromatic N) is 1. The van der Waals surface area contributed by atoms with Crippen molar-refractivity contribution >= 4 is 21.6 Å². The van der Waals surface area contributed by atoms with Gasteiger partial charge in [0.25, 0.3) is 0 Å². The molecule has 2 aliphatic rings. The summed E-state index contributed by atoms with van der Waals surface area (Å²) in [6.07, 6.45) is 2.42. The van der Waals surface area contributed by atoms with Crippen LogP contribution in [0.15, 0.2) is 23.1 Å². The summed E-state index contributed by atoms with van der Waals surface area (Å²) < 4.78 is 31.7. The van der Waals surface area contributed by atoms with Crippen molar-refractivity contribution in [1.82, 2.24) is 9.62 Å². The predicted octanol–water partition coefficient (Wildman–Crippen LogP) is 1.61. The first-order valence-electron chi connectivity index (χ1n) is 7.17. The van der Waals surface area contributed by atoms with Crippen molar-refractivity contribution in [2.24, 2.45) is 0 Å². The van der Waals surface area contributed by atoms with Gasteiger partial charge in [-0.25, -0.2) is 8.42 Å². The largest absolute Gasteiger partial charge is 0.379 e. The van der Waals surface area contributed by atoms with Gasteiger partial charge in [0.05, 0.1) is 18.1 Å². The monoisotopic (exact) mass is 330 g/mol. The van der Waals surface area contributed by atoms with E-state index in [2.05, 4.69) is 5.32 Å². The lowest BCUT2D eigenvalue weighted by molar-refractivity contribution is 0.0730. The lowest BCUT2D eigenvalue weighted by Gasteiger charge is -2.26. The van der Waals surface area contributed by atoms with Crippen LogP contribution in [-0.2, 0) is 21.3 Å². The molecule has 0 bridgehead atoms. The molecule has 1 heterocycles. The van der Waals surface area contributed by atoms with E-state index in [1.54, 1.807) is 18.2 Å². The fraction of sp³-hybridized carbons (Fsp3) is 0.571. The van der Waals surface area contributed by atoms with E-state index < -0.39 is 10.0 Å². The number of ether oxygens (including phenoxy) is 1. The molecule has 1 aliphatic carbocycles. The average Bonchev–Trinajstić information content (AvgIpc) is 3.31. The Morgan fingerprint density at radius 1 is 1.29 bits per heavy atom. The summed E-state index contributed by atoms with van der Waals surface area (Å²) in [5, 5.41) is 3.87. The Morgan fingerprint density at radius 2 is 2.00 bits per heavy atom. The van der Waals surface area contributed by atoms with Crippen molar-refractivity contribution in [3.05, 3.63) is 28.8 Å². The molecule has 0 radical (unpaired) electrons. The molecule has 5 nitrogen and oxygen atoms in total. The van der Waals surface area contributed by atoms with E-state index in [0.29, 0.717) is 43.9 Å². The topological polar surface area (TPSA) is 58.6 Å². The second-order valence-electron chi connectivity index (χ2n) is 5.42. The fourth-order valence-corrected chi connectivity index (χ4v) is 4.06. The van der Waals surface area contributed by atoms with Crippen LogP contribution < -0.4 is 5.32 Å². The number of rotatable bonds is 5. The van der Waals surface area contributed by atoms with E-state index in [4.69, 9.17) is 16.3 Å². The minimum Gasteiger partial charge on any atom is -0.379 e. The molecule has 116 valence electrons. The van der Waals surface area contributed by atoms with Crippen molar-refractivity contribution in [3.63, 3.8) is 0 Å². The van der Waals surface area contributed by atoms with Crippen LogP contribution >= 0.6 is 11.6 Å². The van der Waals surface area contributed by atoms with Gasteiger partial charge in [-0.3, -0.25) is 0 Å². The quantitative estimate of drug-likeness (QED) is 0.891. The van der Waals surface area contributed by atoms with E-state index in [0.717, 1.165) is 5.56 Å². The summed E-state index contributed by atoms with van der Waals surface area (Å²) >= 11 is 6.23. The Labute approximate surface area is 130 Å². The first-order chi connectivity index (χ1) is 10.1. The van der Waals surface area contributed by atoms with Crippen molar-refractivity contribution in [3.8, 4) is 0 Å². The highest BCUT2D eigenvalue weighted by molar-refractivity contribution is 7.89. The molecule has 1 saturated carbocycles. The molecule has 0 spiro atoms. The summed E-state index contributed by atoms with van der Waals surface area (Å²) in [5.74, 6) is 0. The average molecular weight is 331 g/mol. The zero-order valence-electron chi connectivity index (χ0n) is 11.7. The van der Waals surface area contributed by atoms with Gasteiger partial charge >= 0.3 is 0 Å². The summed E-state index contributed by atoms with van der Waals surface area (Å²) in [7, 11) is -3.47. The predicted molar refractivity (Wildman–Crippen MR) is 80.9 cm³/mol. The maximum absolute atomic E-state index is 12.5. The van der Waals surface area contributed by atoms with E-state index in [-0.39, 0.29) is 4.90 Å². The van der Waals surface area contributed by atoms with E-state index in [1.165, 1.54) is 17.1 Å². The van der Waals surface area contributed by atoms with Gasteiger partial charge in [-0.1, -0.05) is 17.7 Å². The zero-order chi connectivity index (χ0) is 14.9. The molecule has 0 unspecified atom stereocenters. The standard InChI is InChI=1S/C14H19ClN2O3S/c15-14-9-13(4-1-11(14)10-16-12-2-3-12)21(18,19)17-5-7-20-8-6-17/h1,4,9,12,16H,2-3,5-8,10H2. The number of nitrogens with one attached hydrogen (secondary N) is 1. The number of sulfonamides is 1. The molecule has 0 aromatic heterocycles. The lowest BCUT2D eigenvalue weighted by atomic mass is 10.2. The van der Waals surface area contributed by atoms with Crippen molar-refractivity contribution in [2.75, 3.05) is 26.3 Å². The number of morpholine rings is 1. The van der Waals surface area contributed by atoms with Crippen LogP contribution in [0.2, 0.25) is 5.02 Å². The van der Waals surface area contributed by atoms with E-state index in [1.807, 2.05) is 0 Å². The second kappa shape index (κ2) is 6.22. The third kappa shape index (κ3) is 3.57. The highest BCUT2D eigenvalue weighted by Crippen LogP contribution is 2.25. The molecule has 21 heavy (non-hydrogen) atoms. The number of benzene rings is 1. The lowest BCUT2D eigenvalue weighted by Crippen LogP contribution is -2.40. The van der Waals surface area contributed by atoms with Gasteiger partial charge in [-0.2, -0.15) is 4.31 Å². The normalized spacial score (nSPS) is 20.6. The Bertz CT molecular complexity index is 611. The minimum atomic E-state index is -3.47. The highest BCUT2D eigenvalue weighted by Gasteiger charge is 2.27. The van der Waals surface area contributed by atoms with E-state index in [9.17, 15) is 8.42 Å². The SMILES string of the molecule is O=S(=O)(c1ccc(CNC2CC2)c(Cl)c1)N1CCOCC1. The molecule has 7 heteroatoms. The van der Waals surface area contributed by atoms with Gasteiger partial charge < -0.3 is 10.1 Å². The van der Waals surface area contributed by atoms with Crippen molar-refractivity contribution in [1.29, 1.82) is 0 Å². The molecular formula is C14H19ClN2O3S. The van der Waals surface area contributed by atoms with Crippen LogP contribution in [0.1, 0.15) is 18.4 Å². The maximum atomic E-state index is 12.5. The van der Waals surface area contributed by atoms with Gasteiger partial charge in [0, 0.05) is 30.7 Å². The Balaban J connectivity index is 1.76. The fourth-order valence-electron chi connectivity index (χ4n) is 2.31. The van der Waals surface area contributed by atoms with Gasteiger partial charge in [0.15, 0.2) is 0 Å². The first-order valence-corrected chi connectivity index (χ1v) is 8.99. The summed E-state index contributed by atoms with van der Waals surface area (Å²) in [4.78, 5) is 0.254. The third-order valence-electron chi connectivity index (χ3n) is 3.79. The molecule has 1 aromatic carbocycles. The number of halogens is 1. The number of hydrogen-bond acceptors (Lipinski definition) is 4. The number of hydrogen-bond donors (Lipinski definition) is 1. The van der Waals surface area contributed by atoms with Crippen LogP contribution in [0.5, 0.6) is 0 Å². The van der Waals surface area contributed by atoms with Gasteiger partial charge in [0.2, 0.25) is 10.0 Å². The van der Waals surface area contributed by atoms with Crippen molar-refractivity contribution in [2.45, 2.75) is 30.3 Å². The van der Waals surface area contributed by atoms with Gasteiger partial charge in [0.1, 0.15) is 0 Å². The molecule has 1 aliphatic heterocycles. The third-order valence-corrected chi connectivity index (χ3v) is 6.04. The zero-order valence-corrected chi connectivity index (χ0v) is 13.3. The Hall–Kier alpha value is -0.660. The molecular weight excluding hydrogens is 312 g/mol. The molecule has 1 saturated heterocycles. The Morgan fingerprint density at radius 3 is 2.62 bits per heavy atom. The molecule has 2 fully saturated rings. The minimum absolute atomic E-state index is 0.254. The molecule has 0 amide bonds. The smallest absolute Gasteiger partial charge is 0.243 e. The van der Waals surface area contributed by atoms with Crippen LogP contribution in [0, 0.1) is 0 Å². The highest BCUT2D eigenvalue weighted by atomic mass is 35.5. The van der Waals surface area contributed by atoms with Crippen LogP contribution in [0.4, 0.5) is 0 Å². The molecule has 1 N–H and O–H groups in total. The molecule has 1 aromatic rings. The summed E-state index contributed by atoms with van der Waals surface area (Å²) in [6.45, 7) is 2.35. The van der Waals surface area contributed by atoms with Crippen molar-refractivity contribution < 1.29 is 13.2 Å². The first kappa shape index (κ1) is 15.2. The summed E-state index contributed by atoms with van der Waals surface area (Å²) in [5.41, 5.74) is 0.935. The Kier molecular flexibility index (Phi) is 4.51. The van der Waals surface area contributed by atoms with Gasteiger partial charge in [-0.15, -0.1) is 0 Å². The maximum Gasteiger partial charge on any atom is 0.243 e. The van der Waals surface area contributed by atoms with E-state index >= 15 is 0 Å².